The van der Waals surface area contributed by atoms with Gasteiger partial charge in [0.1, 0.15) is 0 Å². The number of rotatable bonds is 6. The molecule has 0 spiro atoms. The van der Waals surface area contributed by atoms with E-state index in [0.717, 1.165) is 22.1 Å². The maximum atomic E-state index is 9.92. The van der Waals surface area contributed by atoms with E-state index in [4.69, 9.17) is 4.74 Å². The van der Waals surface area contributed by atoms with E-state index in [1.165, 1.54) is 0 Å². The summed E-state index contributed by atoms with van der Waals surface area (Å²) in [4.78, 5) is 0. The van der Waals surface area contributed by atoms with Crippen LogP contribution in [0.2, 0.25) is 0 Å². The summed E-state index contributed by atoms with van der Waals surface area (Å²) in [6, 6.07) is 5.88. The molecule has 1 atom stereocenters. The molecule has 0 fully saturated rings. The van der Waals surface area contributed by atoms with Crippen molar-refractivity contribution in [2.24, 2.45) is 0 Å². The van der Waals surface area contributed by atoms with Crippen molar-refractivity contribution >= 4 is 15.9 Å². The summed E-state index contributed by atoms with van der Waals surface area (Å²) in [5.74, 6) is 0. The van der Waals surface area contributed by atoms with Gasteiger partial charge in [-0.05, 0) is 24.1 Å². The third kappa shape index (κ3) is 4.22. The van der Waals surface area contributed by atoms with Crippen LogP contribution in [0.15, 0.2) is 22.7 Å². The summed E-state index contributed by atoms with van der Waals surface area (Å²) in [7, 11) is 1.66. The molecular weight excluding hydrogens is 270 g/mol. The molecular formula is C12H18BrNO2. The summed E-state index contributed by atoms with van der Waals surface area (Å²) in [6.07, 6.45) is -0.469. The van der Waals surface area contributed by atoms with Crippen LogP contribution in [0.4, 0.5) is 0 Å². The van der Waals surface area contributed by atoms with Crippen molar-refractivity contribution in [3.05, 3.63) is 33.8 Å². The van der Waals surface area contributed by atoms with Crippen molar-refractivity contribution in [1.82, 2.24) is 5.32 Å². The van der Waals surface area contributed by atoms with Crippen LogP contribution in [0.5, 0.6) is 0 Å². The first-order valence-electron chi connectivity index (χ1n) is 5.29. The first-order chi connectivity index (χ1) is 7.65. The number of halogens is 1. The van der Waals surface area contributed by atoms with E-state index < -0.39 is 6.10 Å². The van der Waals surface area contributed by atoms with E-state index in [2.05, 4.69) is 21.2 Å². The van der Waals surface area contributed by atoms with Crippen LogP contribution in [-0.4, -0.2) is 31.9 Å². The monoisotopic (exact) mass is 287 g/mol. The van der Waals surface area contributed by atoms with Gasteiger partial charge in [-0.25, -0.2) is 0 Å². The molecule has 0 radical (unpaired) electrons. The lowest BCUT2D eigenvalue weighted by Gasteiger charge is -2.13. The first-order valence-corrected chi connectivity index (χ1v) is 6.08. The number of aliphatic hydroxyl groups is 1. The Morgan fingerprint density at radius 2 is 2.25 bits per heavy atom. The Hall–Kier alpha value is -0.420. The number of aryl methyl sites for hydroxylation is 1. The highest BCUT2D eigenvalue weighted by molar-refractivity contribution is 9.10. The van der Waals surface area contributed by atoms with E-state index in [0.29, 0.717) is 13.2 Å². The Balaban J connectivity index is 2.46. The molecule has 0 heterocycles. The van der Waals surface area contributed by atoms with Crippen molar-refractivity contribution in [3.8, 4) is 0 Å². The predicted molar refractivity (Wildman–Crippen MR) is 68.6 cm³/mol. The molecule has 0 saturated heterocycles. The molecule has 1 aromatic rings. The van der Waals surface area contributed by atoms with Gasteiger partial charge in [0.25, 0.3) is 0 Å². The zero-order chi connectivity index (χ0) is 12.0. The summed E-state index contributed by atoms with van der Waals surface area (Å²) in [5.41, 5.74) is 2.07. The Morgan fingerprint density at radius 3 is 2.88 bits per heavy atom. The van der Waals surface area contributed by atoms with Gasteiger partial charge in [0.2, 0.25) is 0 Å². The number of benzene rings is 1. The lowest BCUT2D eigenvalue weighted by molar-refractivity contribution is 0.161. The number of hydrogen-bond acceptors (Lipinski definition) is 3. The van der Waals surface area contributed by atoms with Crippen LogP contribution in [-0.2, 0) is 4.74 Å². The lowest BCUT2D eigenvalue weighted by Crippen LogP contribution is -2.25. The van der Waals surface area contributed by atoms with Crippen molar-refractivity contribution in [3.63, 3.8) is 0 Å². The van der Waals surface area contributed by atoms with Gasteiger partial charge in [-0.2, -0.15) is 0 Å². The zero-order valence-electron chi connectivity index (χ0n) is 9.66. The quantitative estimate of drug-likeness (QED) is 0.787. The van der Waals surface area contributed by atoms with Crippen LogP contribution in [0.3, 0.4) is 0 Å². The maximum absolute atomic E-state index is 9.92. The maximum Gasteiger partial charge on any atom is 0.0914 e. The Kier molecular flexibility index (Phi) is 5.98. The van der Waals surface area contributed by atoms with E-state index in [1.807, 2.05) is 25.1 Å². The van der Waals surface area contributed by atoms with Crippen molar-refractivity contribution < 1.29 is 9.84 Å². The highest BCUT2D eigenvalue weighted by atomic mass is 79.9. The Morgan fingerprint density at radius 1 is 1.50 bits per heavy atom. The van der Waals surface area contributed by atoms with Gasteiger partial charge in [-0.1, -0.05) is 28.1 Å². The fourth-order valence-corrected chi connectivity index (χ4v) is 1.65. The largest absolute Gasteiger partial charge is 0.387 e. The average Bonchev–Trinajstić information content (AvgIpc) is 2.28. The van der Waals surface area contributed by atoms with E-state index in [-0.39, 0.29) is 0 Å². The third-order valence-electron chi connectivity index (χ3n) is 2.39. The zero-order valence-corrected chi connectivity index (χ0v) is 11.3. The molecule has 1 rings (SSSR count). The average molecular weight is 288 g/mol. The minimum Gasteiger partial charge on any atom is -0.387 e. The number of hydrogen-bond donors (Lipinski definition) is 2. The SMILES string of the molecule is COCCNCC(O)c1ccc(Br)c(C)c1. The second-order valence-corrected chi connectivity index (χ2v) is 4.58. The van der Waals surface area contributed by atoms with Gasteiger partial charge in [-0.15, -0.1) is 0 Å². The number of methoxy groups -OCH3 is 1. The van der Waals surface area contributed by atoms with Gasteiger partial charge in [-0.3, -0.25) is 0 Å². The third-order valence-corrected chi connectivity index (χ3v) is 3.28. The molecule has 16 heavy (non-hydrogen) atoms. The normalized spacial score (nSPS) is 12.8. The number of aliphatic hydroxyl groups excluding tert-OH is 1. The highest BCUT2D eigenvalue weighted by Gasteiger charge is 2.07. The second kappa shape index (κ2) is 7.01. The minimum absolute atomic E-state index is 0.469. The standard InChI is InChI=1S/C12H18BrNO2/c1-9-7-10(3-4-11(9)13)12(15)8-14-5-6-16-2/h3-4,7,12,14-15H,5-6,8H2,1-2H3. The summed E-state index contributed by atoms with van der Waals surface area (Å²) >= 11 is 3.44. The Labute approximate surface area is 105 Å². The molecule has 3 nitrogen and oxygen atoms in total. The van der Waals surface area contributed by atoms with Crippen LogP contribution in [0.25, 0.3) is 0 Å². The molecule has 0 aliphatic rings. The summed E-state index contributed by atoms with van der Waals surface area (Å²) in [6.45, 7) is 3.97. The molecule has 90 valence electrons. The van der Waals surface area contributed by atoms with Crippen LogP contribution >= 0.6 is 15.9 Å². The summed E-state index contributed by atoms with van der Waals surface area (Å²) < 4.78 is 5.98. The van der Waals surface area contributed by atoms with Gasteiger partial charge in [0, 0.05) is 24.7 Å². The molecule has 1 unspecified atom stereocenters. The smallest absolute Gasteiger partial charge is 0.0914 e. The van der Waals surface area contributed by atoms with Crippen LogP contribution < -0.4 is 5.32 Å². The fourth-order valence-electron chi connectivity index (χ4n) is 1.41. The fraction of sp³-hybridized carbons (Fsp3) is 0.500. The molecule has 1 aromatic carbocycles. The van der Waals surface area contributed by atoms with Gasteiger partial charge in [0.05, 0.1) is 12.7 Å². The van der Waals surface area contributed by atoms with Gasteiger partial charge in [0.15, 0.2) is 0 Å². The minimum atomic E-state index is -0.469. The second-order valence-electron chi connectivity index (χ2n) is 3.72. The molecule has 0 aliphatic carbocycles. The molecule has 0 saturated carbocycles. The van der Waals surface area contributed by atoms with Crippen LogP contribution in [0, 0.1) is 6.92 Å². The Bertz CT molecular complexity index is 331. The highest BCUT2D eigenvalue weighted by Crippen LogP contribution is 2.20. The van der Waals surface area contributed by atoms with E-state index in [9.17, 15) is 5.11 Å². The van der Waals surface area contributed by atoms with Gasteiger partial charge < -0.3 is 15.2 Å². The van der Waals surface area contributed by atoms with Crippen LogP contribution in [0.1, 0.15) is 17.2 Å². The lowest BCUT2D eigenvalue weighted by atomic mass is 10.1. The topological polar surface area (TPSA) is 41.5 Å². The molecule has 0 amide bonds. The van der Waals surface area contributed by atoms with E-state index in [1.54, 1.807) is 7.11 Å². The van der Waals surface area contributed by atoms with Gasteiger partial charge >= 0.3 is 0 Å². The number of ether oxygens (including phenoxy) is 1. The predicted octanol–water partition coefficient (Wildman–Crippen LogP) is 2.03. The molecule has 4 heteroatoms. The first kappa shape index (κ1) is 13.6. The van der Waals surface area contributed by atoms with Crippen molar-refractivity contribution in [2.75, 3.05) is 26.8 Å². The molecule has 0 bridgehead atoms. The van der Waals surface area contributed by atoms with E-state index >= 15 is 0 Å². The molecule has 2 N–H and O–H groups in total. The molecule has 0 aromatic heterocycles. The van der Waals surface area contributed by atoms with Crippen molar-refractivity contribution in [1.29, 1.82) is 0 Å². The van der Waals surface area contributed by atoms with Crippen molar-refractivity contribution in [2.45, 2.75) is 13.0 Å². The summed E-state index contributed by atoms with van der Waals surface area (Å²) in [5, 5.41) is 13.0. The molecule has 0 aliphatic heterocycles. The number of nitrogens with one attached hydrogen (secondary N) is 1.